The fourth-order valence-electron chi connectivity index (χ4n) is 3.48. The summed E-state index contributed by atoms with van der Waals surface area (Å²) in [7, 11) is 0. The van der Waals surface area contributed by atoms with Crippen molar-refractivity contribution in [2.24, 2.45) is 4.99 Å². The summed E-state index contributed by atoms with van der Waals surface area (Å²) in [6, 6.07) is 9.77. The van der Waals surface area contributed by atoms with E-state index in [0.717, 1.165) is 51.4 Å². The van der Waals surface area contributed by atoms with E-state index in [0.29, 0.717) is 12.1 Å². The minimum Gasteiger partial charge on any atom is -0.357 e. The van der Waals surface area contributed by atoms with E-state index in [-0.39, 0.29) is 0 Å². The van der Waals surface area contributed by atoms with Crippen LogP contribution in [0.1, 0.15) is 37.8 Å². The summed E-state index contributed by atoms with van der Waals surface area (Å²) in [5.41, 5.74) is 2.98. The highest BCUT2D eigenvalue weighted by atomic mass is 15.2. The molecule has 1 aliphatic carbocycles. The zero-order valence-corrected chi connectivity index (χ0v) is 15.0. The van der Waals surface area contributed by atoms with E-state index in [1.54, 1.807) is 0 Å². The summed E-state index contributed by atoms with van der Waals surface area (Å²) in [4.78, 5) is 7.38. The molecule has 24 heavy (non-hydrogen) atoms. The van der Waals surface area contributed by atoms with E-state index in [1.165, 1.54) is 11.1 Å². The van der Waals surface area contributed by atoms with Crippen LogP contribution in [0.5, 0.6) is 0 Å². The maximum Gasteiger partial charge on any atom is 0.191 e. The monoisotopic (exact) mass is 326 g/mol. The molecule has 1 heterocycles. The number of benzene rings is 1. The van der Waals surface area contributed by atoms with Crippen LogP contribution in [0.2, 0.25) is 0 Å². The molecule has 4 heteroatoms. The molecule has 1 aromatic rings. The van der Waals surface area contributed by atoms with Crippen LogP contribution < -0.4 is 10.6 Å². The lowest BCUT2D eigenvalue weighted by Crippen LogP contribution is -2.44. The summed E-state index contributed by atoms with van der Waals surface area (Å²) in [5, 5.41) is 6.92. The molecule has 0 aromatic heterocycles. The largest absolute Gasteiger partial charge is 0.357 e. The number of nitrogens with one attached hydrogen (secondary N) is 2. The molecule has 1 aliphatic heterocycles. The van der Waals surface area contributed by atoms with Gasteiger partial charge in [-0.05, 0) is 44.2 Å². The van der Waals surface area contributed by atoms with Crippen molar-refractivity contribution in [2.45, 2.75) is 51.7 Å². The smallest absolute Gasteiger partial charge is 0.191 e. The summed E-state index contributed by atoms with van der Waals surface area (Å²) in [6.45, 7) is 8.32. The first kappa shape index (κ1) is 17.0. The Morgan fingerprint density at radius 1 is 1.25 bits per heavy atom. The summed E-state index contributed by atoms with van der Waals surface area (Å²) < 4.78 is 0. The van der Waals surface area contributed by atoms with E-state index in [1.807, 2.05) is 0 Å². The van der Waals surface area contributed by atoms with Gasteiger partial charge in [-0.25, -0.2) is 0 Å². The van der Waals surface area contributed by atoms with Gasteiger partial charge in [-0.15, -0.1) is 0 Å². The molecule has 2 N–H and O–H groups in total. The van der Waals surface area contributed by atoms with Crippen LogP contribution in [0.4, 0.5) is 0 Å². The van der Waals surface area contributed by atoms with Gasteiger partial charge in [-0.1, -0.05) is 36.4 Å². The second kappa shape index (κ2) is 8.34. The van der Waals surface area contributed by atoms with Gasteiger partial charge in [0, 0.05) is 31.7 Å². The molecular weight excluding hydrogens is 296 g/mol. The summed E-state index contributed by atoms with van der Waals surface area (Å²) in [5.74, 6) is 0.954. The average molecular weight is 326 g/mol. The Balaban J connectivity index is 1.55. The van der Waals surface area contributed by atoms with Gasteiger partial charge in [0.05, 0.1) is 6.54 Å². The standard InChI is InChI=1S/C20H30N4/c1-3-21-20(23-19-10-6-7-11-19)22-14-16(2)24-13-12-17-8-4-5-9-18(17)15-24/h4-9,16,19H,3,10-15H2,1-2H3,(H2,21,22,23). The molecule has 3 rings (SSSR count). The highest BCUT2D eigenvalue weighted by Gasteiger charge is 2.20. The quantitative estimate of drug-likeness (QED) is 0.496. The van der Waals surface area contributed by atoms with Crippen molar-refractivity contribution >= 4 is 5.96 Å². The average Bonchev–Trinajstić information content (AvgIpc) is 3.12. The van der Waals surface area contributed by atoms with Crippen LogP contribution in [0.15, 0.2) is 41.4 Å². The van der Waals surface area contributed by atoms with Crippen molar-refractivity contribution < 1.29 is 0 Å². The Kier molecular flexibility index (Phi) is 5.91. The Hall–Kier alpha value is -1.81. The fourth-order valence-corrected chi connectivity index (χ4v) is 3.48. The number of fused-ring (bicyclic) bond motifs is 1. The van der Waals surface area contributed by atoms with Crippen molar-refractivity contribution in [3.05, 3.63) is 47.5 Å². The van der Waals surface area contributed by atoms with Gasteiger partial charge in [0.1, 0.15) is 0 Å². The minimum absolute atomic E-state index is 0.454. The van der Waals surface area contributed by atoms with Crippen LogP contribution in [-0.4, -0.2) is 42.6 Å². The number of rotatable bonds is 5. The molecule has 0 fully saturated rings. The van der Waals surface area contributed by atoms with E-state index >= 15 is 0 Å². The molecule has 2 aliphatic rings. The first-order valence-electron chi connectivity index (χ1n) is 9.27. The first-order chi connectivity index (χ1) is 11.8. The molecule has 0 saturated carbocycles. The van der Waals surface area contributed by atoms with Crippen LogP contribution in [0.25, 0.3) is 0 Å². The zero-order chi connectivity index (χ0) is 16.8. The molecule has 1 aromatic carbocycles. The van der Waals surface area contributed by atoms with Gasteiger partial charge < -0.3 is 10.6 Å². The summed E-state index contributed by atoms with van der Waals surface area (Å²) >= 11 is 0. The highest BCUT2D eigenvalue weighted by molar-refractivity contribution is 5.80. The molecule has 0 spiro atoms. The van der Waals surface area contributed by atoms with Crippen molar-refractivity contribution in [3.63, 3.8) is 0 Å². The third-order valence-electron chi connectivity index (χ3n) is 4.99. The lowest BCUT2D eigenvalue weighted by Gasteiger charge is -2.33. The molecule has 0 radical (unpaired) electrons. The second-order valence-corrected chi connectivity index (χ2v) is 6.84. The van der Waals surface area contributed by atoms with Crippen molar-refractivity contribution in [1.82, 2.24) is 15.5 Å². The van der Waals surface area contributed by atoms with Crippen molar-refractivity contribution in [3.8, 4) is 0 Å². The van der Waals surface area contributed by atoms with E-state index in [4.69, 9.17) is 4.99 Å². The number of hydrogen-bond acceptors (Lipinski definition) is 2. The van der Waals surface area contributed by atoms with Gasteiger partial charge in [0.15, 0.2) is 5.96 Å². The highest BCUT2D eigenvalue weighted by Crippen LogP contribution is 2.20. The molecule has 1 atom stereocenters. The van der Waals surface area contributed by atoms with Crippen molar-refractivity contribution in [2.75, 3.05) is 19.6 Å². The maximum absolute atomic E-state index is 4.83. The Morgan fingerprint density at radius 3 is 2.75 bits per heavy atom. The van der Waals surface area contributed by atoms with Crippen LogP contribution >= 0.6 is 0 Å². The second-order valence-electron chi connectivity index (χ2n) is 6.84. The molecule has 0 bridgehead atoms. The fraction of sp³-hybridized carbons (Fsp3) is 0.550. The SMILES string of the molecule is CCNC(=NCC(C)N1CCc2ccccc2C1)NC1CC=CC1. The molecule has 4 nitrogen and oxygen atoms in total. The zero-order valence-electron chi connectivity index (χ0n) is 15.0. The number of nitrogens with zero attached hydrogens (tertiary/aromatic N) is 2. The molecule has 1 unspecified atom stereocenters. The lowest BCUT2D eigenvalue weighted by atomic mass is 9.99. The third kappa shape index (κ3) is 4.38. The number of hydrogen-bond donors (Lipinski definition) is 2. The topological polar surface area (TPSA) is 39.7 Å². The number of guanidine groups is 1. The molecule has 130 valence electrons. The van der Waals surface area contributed by atoms with Crippen molar-refractivity contribution in [1.29, 1.82) is 0 Å². The summed E-state index contributed by atoms with van der Waals surface area (Å²) in [6.07, 6.45) is 7.84. The normalized spacial score (nSPS) is 20.0. The van der Waals surface area contributed by atoms with Crippen LogP contribution in [-0.2, 0) is 13.0 Å². The molecule has 0 amide bonds. The molecular formula is C20H30N4. The maximum atomic E-state index is 4.83. The van der Waals surface area contributed by atoms with E-state index in [2.05, 4.69) is 65.8 Å². The van der Waals surface area contributed by atoms with Gasteiger partial charge in [0.25, 0.3) is 0 Å². The van der Waals surface area contributed by atoms with Gasteiger partial charge in [0.2, 0.25) is 0 Å². The predicted molar refractivity (Wildman–Crippen MR) is 101 cm³/mol. The molecule has 0 saturated heterocycles. The predicted octanol–water partition coefficient (Wildman–Crippen LogP) is 2.71. The Morgan fingerprint density at radius 2 is 2.00 bits per heavy atom. The van der Waals surface area contributed by atoms with E-state index < -0.39 is 0 Å². The van der Waals surface area contributed by atoms with E-state index in [9.17, 15) is 0 Å². The Labute approximate surface area is 146 Å². The number of aliphatic imine (C=N–C) groups is 1. The third-order valence-corrected chi connectivity index (χ3v) is 4.99. The van der Waals surface area contributed by atoms with Gasteiger partial charge in [-0.3, -0.25) is 9.89 Å². The lowest BCUT2D eigenvalue weighted by molar-refractivity contribution is 0.195. The van der Waals surface area contributed by atoms with Gasteiger partial charge in [-0.2, -0.15) is 0 Å². The van der Waals surface area contributed by atoms with Gasteiger partial charge >= 0.3 is 0 Å². The minimum atomic E-state index is 0.454. The Bertz CT molecular complexity index is 585. The van der Waals surface area contributed by atoms with Crippen LogP contribution in [0.3, 0.4) is 0 Å². The van der Waals surface area contributed by atoms with Crippen LogP contribution in [0, 0.1) is 0 Å². The first-order valence-corrected chi connectivity index (χ1v) is 9.27.